The second kappa shape index (κ2) is 6.26. The van der Waals surface area contributed by atoms with Crippen LogP contribution in [0.5, 0.6) is 0 Å². The molecule has 0 aromatic carbocycles. The summed E-state index contributed by atoms with van der Waals surface area (Å²) < 4.78 is 1.94. The van der Waals surface area contributed by atoms with Crippen LogP contribution in [0, 0.1) is 11.8 Å². The van der Waals surface area contributed by atoms with Gasteiger partial charge >= 0.3 is 6.09 Å². The lowest BCUT2D eigenvalue weighted by Crippen LogP contribution is -2.30. The highest BCUT2D eigenvalue weighted by Crippen LogP contribution is 2.22. The van der Waals surface area contributed by atoms with E-state index in [1.54, 1.807) is 6.20 Å². The van der Waals surface area contributed by atoms with Gasteiger partial charge in [-0.15, -0.1) is 0 Å². The van der Waals surface area contributed by atoms with E-state index in [0.717, 1.165) is 25.2 Å². The van der Waals surface area contributed by atoms with Crippen molar-refractivity contribution in [2.24, 2.45) is 11.8 Å². The molecule has 2 rings (SSSR count). The third-order valence-electron chi connectivity index (χ3n) is 3.89. The van der Waals surface area contributed by atoms with Gasteiger partial charge in [-0.25, -0.2) is 4.79 Å². The molecule has 0 spiro atoms. The molecule has 1 aliphatic heterocycles. The van der Waals surface area contributed by atoms with Crippen molar-refractivity contribution >= 4 is 6.09 Å². The first kappa shape index (κ1) is 14.8. The molecule has 1 fully saturated rings. The Balaban J connectivity index is 2.01. The van der Waals surface area contributed by atoms with Crippen molar-refractivity contribution in [3.05, 3.63) is 18.0 Å². The second-order valence-electron chi connectivity index (χ2n) is 6.08. The summed E-state index contributed by atoms with van der Waals surface area (Å²) in [6, 6.07) is -0.201. The average molecular weight is 280 g/mol. The number of aromatic nitrogens is 2. The van der Waals surface area contributed by atoms with Gasteiger partial charge in [-0.2, -0.15) is 5.10 Å². The van der Waals surface area contributed by atoms with Crippen LogP contribution in [0.25, 0.3) is 0 Å². The van der Waals surface area contributed by atoms with Crippen molar-refractivity contribution in [3.8, 4) is 0 Å². The lowest BCUT2D eigenvalue weighted by atomic mass is 9.99. The number of rotatable bonds is 5. The quantitative estimate of drug-likeness (QED) is 0.863. The van der Waals surface area contributed by atoms with Gasteiger partial charge in [-0.1, -0.05) is 13.8 Å². The third kappa shape index (κ3) is 3.72. The van der Waals surface area contributed by atoms with E-state index in [0.29, 0.717) is 5.92 Å². The molecule has 2 N–H and O–H groups in total. The first-order valence-corrected chi connectivity index (χ1v) is 7.16. The third-order valence-corrected chi connectivity index (χ3v) is 3.89. The zero-order chi connectivity index (χ0) is 14.7. The zero-order valence-electron chi connectivity index (χ0n) is 12.4. The van der Waals surface area contributed by atoms with E-state index in [4.69, 9.17) is 5.11 Å². The van der Waals surface area contributed by atoms with Crippen molar-refractivity contribution in [2.75, 3.05) is 20.1 Å². The highest BCUT2D eigenvalue weighted by molar-refractivity contribution is 5.65. The molecular formula is C14H24N4O2. The summed E-state index contributed by atoms with van der Waals surface area (Å²) >= 11 is 0. The van der Waals surface area contributed by atoms with Crippen molar-refractivity contribution in [3.63, 3.8) is 0 Å². The van der Waals surface area contributed by atoms with Crippen molar-refractivity contribution in [2.45, 2.75) is 32.9 Å². The predicted octanol–water partition coefficient (Wildman–Crippen LogP) is 1.80. The molecule has 6 nitrogen and oxygen atoms in total. The second-order valence-corrected chi connectivity index (χ2v) is 6.08. The summed E-state index contributed by atoms with van der Waals surface area (Å²) in [6.07, 6.45) is 3.96. The molecule has 0 bridgehead atoms. The monoisotopic (exact) mass is 280 g/mol. The molecule has 1 aromatic heterocycles. The zero-order valence-corrected chi connectivity index (χ0v) is 12.4. The van der Waals surface area contributed by atoms with Gasteiger partial charge in [0.05, 0.1) is 12.2 Å². The molecule has 1 saturated heterocycles. The number of hydrogen-bond donors (Lipinski definition) is 2. The molecule has 1 aromatic rings. The highest BCUT2D eigenvalue weighted by Gasteiger charge is 2.22. The van der Waals surface area contributed by atoms with Crippen molar-refractivity contribution < 1.29 is 9.90 Å². The number of hydrogen-bond acceptors (Lipinski definition) is 3. The first-order valence-electron chi connectivity index (χ1n) is 7.16. The summed E-state index contributed by atoms with van der Waals surface area (Å²) in [5.74, 6) is 0.832. The molecule has 6 heteroatoms. The summed E-state index contributed by atoms with van der Waals surface area (Å²) in [5, 5.41) is 15.9. The van der Waals surface area contributed by atoms with E-state index in [9.17, 15) is 4.79 Å². The standard InChI is InChI=1S/C14H24N4O2/c1-10(2)13(16-14(19)20)12-6-15-18(9-12)8-11-4-5-17(3)7-11/h6,9-11,13,16H,4-5,7-8H2,1-3H3,(H,19,20)/t11-,13+/m1/s1. The van der Waals surface area contributed by atoms with Crippen molar-refractivity contribution in [1.29, 1.82) is 0 Å². The van der Waals surface area contributed by atoms with E-state index in [1.807, 2.05) is 24.7 Å². The number of carboxylic acid groups (broad SMARTS) is 1. The molecule has 0 unspecified atom stereocenters. The molecule has 2 heterocycles. The smallest absolute Gasteiger partial charge is 0.405 e. The number of nitrogens with one attached hydrogen (secondary N) is 1. The van der Waals surface area contributed by atoms with E-state index in [1.165, 1.54) is 6.42 Å². The Bertz CT molecular complexity index is 458. The summed E-state index contributed by atoms with van der Waals surface area (Å²) in [7, 11) is 2.14. The summed E-state index contributed by atoms with van der Waals surface area (Å²) in [5.41, 5.74) is 0.939. The van der Waals surface area contributed by atoms with Crippen LogP contribution in [0.2, 0.25) is 0 Å². The van der Waals surface area contributed by atoms with Crippen LogP contribution < -0.4 is 5.32 Å². The van der Waals surface area contributed by atoms with Gasteiger partial charge in [-0.3, -0.25) is 4.68 Å². The largest absolute Gasteiger partial charge is 0.465 e. The Labute approximate surface area is 119 Å². The average Bonchev–Trinajstić information content (AvgIpc) is 2.96. The lowest BCUT2D eigenvalue weighted by molar-refractivity contribution is 0.186. The Morgan fingerprint density at radius 3 is 2.90 bits per heavy atom. The molecule has 112 valence electrons. The fourth-order valence-electron chi connectivity index (χ4n) is 2.85. The van der Waals surface area contributed by atoms with Gasteiger partial charge in [0.2, 0.25) is 0 Å². The van der Waals surface area contributed by atoms with Gasteiger partial charge in [0.1, 0.15) is 0 Å². The maximum atomic E-state index is 10.9. The van der Waals surface area contributed by atoms with Crippen LogP contribution in [0.1, 0.15) is 31.9 Å². The number of likely N-dealkylation sites (tertiary alicyclic amines) is 1. The van der Waals surface area contributed by atoms with E-state index in [2.05, 4.69) is 22.4 Å². The molecule has 1 aliphatic rings. The highest BCUT2D eigenvalue weighted by atomic mass is 16.4. The fourth-order valence-corrected chi connectivity index (χ4v) is 2.85. The van der Waals surface area contributed by atoms with Crippen LogP contribution in [-0.2, 0) is 6.54 Å². The number of amides is 1. The SMILES string of the molecule is CC(C)[C@H](NC(=O)O)c1cnn(C[C@@H]2CCN(C)C2)c1. The minimum atomic E-state index is -0.992. The predicted molar refractivity (Wildman–Crippen MR) is 76.6 cm³/mol. The van der Waals surface area contributed by atoms with Gasteiger partial charge in [0.15, 0.2) is 0 Å². The van der Waals surface area contributed by atoms with E-state index in [-0.39, 0.29) is 12.0 Å². The van der Waals surface area contributed by atoms with Crippen LogP contribution >= 0.6 is 0 Å². The Kier molecular flexibility index (Phi) is 4.65. The number of nitrogens with zero attached hydrogens (tertiary/aromatic N) is 3. The van der Waals surface area contributed by atoms with Crippen LogP contribution in [-0.4, -0.2) is 46.0 Å². The maximum Gasteiger partial charge on any atom is 0.405 e. The van der Waals surface area contributed by atoms with Gasteiger partial charge < -0.3 is 15.3 Å². The van der Waals surface area contributed by atoms with Crippen LogP contribution in [0.3, 0.4) is 0 Å². The summed E-state index contributed by atoms with van der Waals surface area (Å²) in [6.45, 7) is 7.17. The molecular weight excluding hydrogens is 256 g/mol. The van der Waals surface area contributed by atoms with Crippen LogP contribution in [0.4, 0.5) is 4.79 Å². The molecule has 0 saturated carbocycles. The lowest BCUT2D eigenvalue weighted by Gasteiger charge is -2.19. The molecule has 20 heavy (non-hydrogen) atoms. The Morgan fingerprint density at radius 2 is 2.35 bits per heavy atom. The topological polar surface area (TPSA) is 70.4 Å². The van der Waals surface area contributed by atoms with E-state index >= 15 is 0 Å². The van der Waals surface area contributed by atoms with Gasteiger partial charge in [-0.05, 0) is 31.8 Å². The van der Waals surface area contributed by atoms with Crippen molar-refractivity contribution in [1.82, 2.24) is 20.0 Å². The molecule has 2 atom stereocenters. The molecule has 0 aliphatic carbocycles. The summed E-state index contributed by atoms with van der Waals surface area (Å²) in [4.78, 5) is 13.2. The fraction of sp³-hybridized carbons (Fsp3) is 0.714. The van der Waals surface area contributed by atoms with Gasteiger partial charge in [0.25, 0.3) is 0 Å². The normalized spacial score (nSPS) is 21.3. The minimum Gasteiger partial charge on any atom is -0.465 e. The Hall–Kier alpha value is -1.56. The minimum absolute atomic E-state index is 0.196. The Morgan fingerprint density at radius 1 is 1.60 bits per heavy atom. The maximum absolute atomic E-state index is 10.9. The number of carbonyl (C=O) groups is 1. The van der Waals surface area contributed by atoms with Crippen LogP contribution in [0.15, 0.2) is 12.4 Å². The molecule has 0 radical (unpaired) electrons. The van der Waals surface area contributed by atoms with Gasteiger partial charge in [0, 0.05) is 24.8 Å². The molecule has 1 amide bonds. The van der Waals surface area contributed by atoms with E-state index < -0.39 is 6.09 Å². The first-order chi connectivity index (χ1) is 9.45.